The molecule has 0 amide bonds. The SMILES string of the molecule is CC(C)c1ccc2c(c1)CCC1C(C)(C(=O)OCC(O)COCC(C)(C)COCC(O)COC(=O)C3(C)CCCC4(C)c5ccc(C(C)C)cc5CCC34)CCCC21C. The summed E-state index contributed by atoms with van der Waals surface area (Å²) >= 11 is 0. The van der Waals surface area contributed by atoms with Crippen LogP contribution in [0.4, 0.5) is 0 Å². The zero-order valence-electron chi connectivity index (χ0n) is 38.1. The molecule has 4 aliphatic carbocycles. The van der Waals surface area contributed by atoms with Crippen molar-refractivity contribution in [2.75, 3.05) is 39.6 Å². The largest absolute Gasteiger partial charge is 0.462 e. The van der Waals surface area contributed by atoms with Crippen LogP contribution in [0.2, 0.25) is 0 Å². The molecule has 8 atom stereocenters. The third kappa shape index (κ3) is 9.37. The van der Waals surface area contributed by atoms with E-state index in [1.807, 2.05) is 13.8 Å². The van der Waals surface area contributed by atoms with Crippen LogP contribution < -0.4 is 0 Å². The van der Waals surface area contributed by atoms with Crippen LogP contribution >= 0.6 is 0 Å². The molecule has 0 bridgehead atoms. The number of aryl methyl sites for hydroxylation is 2. The smallest absolute Gasteiger partial charge is 0.312 e. The molecule has 0 spiro atoms. The summed E-state index contributed by atoms with van der Waals surface area (Å²) in [6.45, 7) is 22.2. The van der Waals surface area contributed by atoms with Gasteiger partial charge in [-0.25, -0.2) is 0 Å². The van der Waals surface area contributed by atoms with E-state index >= 15 is 0 Å². The van der Waals surface area contributed by atoms with Gasteiger partial charge < -0.3 is 29.2 Å². The molecule has 2 N–H and O–H groups in total. The number of ether oxygens (including phenoxy) is 4. The summed E-state index contributed by atoms with van der Waals surface area (Å²) in [5.41, 5.74) is 6.56. The van der Waals surface area contributed by atoms with E-state index in [0.29, 0.717) is 25.0 Å². The second-order valence-corrected chi connectivity index (χ2v) is 21.4. The quantitative estimate of drug-likeness (QED) is 0.161. The first-order chi connectivity index (χ1) is 27.7. The average molecular weight is 817 g/mol. The number of rotatable bonds is 16. The molecule has 59 heavy (non-hydrogen) atoms. The van der Waals surface area contributed by atoms with E-state index in [-0.39, 0.29) is 61.0 Å². The molecule has 2 fully saturated rings. The maximum Gasteiger partial charge on any atom is 0.312 e. The first kappa shape index (κ1) is 45.7. The number of hydrogen-bond donors (Lipinski definition) is 2. The van der Waals surface area contributed by atoms with Crippen LogP contribution in [0.5, 0.6) is 0 Å². The summed E-state index contributed by atoms with van der Waals surface area (Å²) in [6, 6.07) is 13.9. The fourth-order valence-corrected chi connectivity index (χ4v) is 12.0. The number of carbonyl (C=O) groups is 2. The van der Waals surface area contributed by atoms with Gasteiger partial charge in [0.2, 0.25) is 0 Å². The van der Waals surface area contributed by atoms with E-state index in [1.165, 1.54) is 33.4 Å². The Balaban J connectivity index is 0.908. The lowest BCUT2D eigenvalue weighted by Crippen LogP contribution is -2.53. The molecule has 328 valence electrons. The molecule has 0 aliphatic heterocycles. The Hall–Kier alpha value is -2.78. The summed E-state index contributed by atoms with van der Waals surface area (Å²) in [5, 5.41) is 21.5. The van der Waals surface area contributed by atoms with Crippen LogP contribution in [-0.4, -0.2) is 74.0 Å². The summed E-state index contributed by atoms with van der Waals surface area (Å²) in [4.78, 5) is 27.5. The lowest BCUT2D eigenvalue weighted by Gasteiger charge is -2.54. The van der Waals surface area contributed by atoms with Gasteiger partial charge in [-0.1, -0.05) is 105 Å². The standard InChI is InChI=1S/C51H76O8/c1-33(2)35-13-17-41-37(25-35)15-19-43-48(41,7)21-11-23-50(43,9)45(54)58-29-39(52)27-56-31-47(5,6)32-57-28-40(53)30-59-46(55)51(10)24-12-22-49(8)42-18-14-36(34(3)4)26-38(42)16-20-44(49)51/h13-14,17-18,25-26,33-34,39-40,43-44,52-53H,11-12,15-16,19-24,27-32H2,1-10H3. The average Bonchev–Trinajstić information content (AvgIpc) is 3.18. The third-order valence-corrected chi connectivity index (χ3v) is 15.4. The van der Waals surface area contributed by atoms with Gasteiger partial charge in [-0.15, -0.1) is 0 Å². The van der Waals surface area contributed by atoms with Gasteiger partial charge in [-0.3, -0.25) is 9.59 Å². The Labute approximate surface area is 355 Å². The molecule has 6 rings (SSSR count). The Morgan fingerprint density at radius 3 is 1.41 bits per heavy atom. The van der Waals surface area contributed by atoms with Gasteiger partial charge in [0.15, 0.2) is 0 Å². The molecular formula is C51H76O8. The van der Waals surface area contributed by atoms with E-state index in [2.05, 4.69) is 91.8 Å². The molecule has 0 aromatic heterocycles. The van der Waals surface area contributed by atoms with Crippen molar-refractivity contribution in [1.82, 2.24) is 0 Å². The Morgan fingerprint density at radius 2 is 1.03 bits per heavy atom. The molecule has 8 nitrogen and oxygen atoms in total. The second kappa shape index (κ2) is 17.9. The topological polar surface area (TPSA) is 112 Å². The third-order valence-electron chi connectivity index (χ3n) is 15.4. The van der Waals surface area contributed by atoms with E-state index in [9.17, 15) is 19.8 Å². The van der Waals surface area contributed by atoms with E-state index in [0.717, 1.165) is 64.2 Å². The molecule has 4 aliphatic rings. The fraction of sp³-hybridized carbons (Fsp3) is 0.725. The van der Waals surface area contributed by atoms with Gasteiger partial charge in [-0.2, -0.15) is 0 Å². The number of carbonyl (C=O) groups excluding carboxylic acids is 2. The molecule has 2 aromatic carbocycles. The minimum atomic E-state index is -0.947. The number of esters is 2. The van der Waals surface area contributed by atoms with E-state index in [4.69, 9.17) is 18.9 Å². The number of hydrogen-bond acceptors (Lipinski definition) is 8. The maximum absolute atomic E-state index is 13.8. The van der Waals surface area contributed by atoms with Crippen molar-refractivity contribution in [3.05, 3.63) is 69.8 Å². The summed E-state index contributed by atoms with van der Waals surface area (Å²) < 4.78 is 23.4. The minimum Gasteiger partial charge on any atom is -0.462 e. The fourth-order valence-electron chi connectivity index (χ4n) is 12.0. The highest BCUT2D eigenvalue weighted by molar-refractivity contribution is 5.78. The lowest BCUT2D eigenvalue weighted by molar-refractivity contribution is -0.168. The molecule has 2 saturated carbocycles. The van der Waals surface area contributed by atoms with Crippen molar-refractivity contribution >= 4 is 11.9 Å². The molecule has 0 radical (unpaired) electrons. The first-order valence-electron chi connectivity index (χ1n) is 22.9. The van der Waals surface area contributed by atoms with Gasteiger partial charge in [0, 0.05) is 5.41 Å². The normalized spacial score (nSPS) is 30.1. The molecule has 8 unspecified atom stereocenters. The number of aliphatic hydroxyl groups excluding tert-OH is 2. The van der Waals surface area contributed by atoms with Gasteiger partial charge in [0.25, 0.3) is 0 Å². The highest BCUT2D eigenvalue weighted by Crippen LogP contribution is 2.59. The van der Waals surface area contributed by atoms with Crippen molar-refractivity contribution in [3.8, 4) is 0 Å². The lowest BCUT2D eigenvalue weighted by atomic mass is 9.49. The van der Waals surface area contributed by atoms with Gasteiger partial charge in [0.05, 0.1) is 37.3 Å². The van der Waals surface area contributed by atoms with Crippen molar-refractivity contribution in [1.29, 1.82) is 0 Å². The predicted molar refractivity (Wildman–Crippen MR) is 233 cm³/mol. The Morgan fingerprint density at radius 1 is 0.644 bits per heavy atom. The summed E-state index contributed by atoms with van der Waals surface area (Å²) in [5.74, 6) is 0.882. The van der Waals surface area contributed by atoms with Crippen molar-refractivity contribution in [2.24, 2.45) is 28.1 Å². The monoisotopic (exact) mass is 817 g/mol. The number of fused-ring (bicyclic) bond motifs is 6. The van der Waals surface area contributed by atoms with Crippen LogP contribution in [0.25, 0.3) is 0 Å². The zero-order chi connectivity index (χ0) is 43.0. The first-order valence-corrected chi connectivity index (χ1v) is 22.9. The van der Waals surface area contributed by atoms with Crippen LogP contribution in [0, 0.1) is 28.1 Å². The van der Waals surface area contributed by atoms with Gasteiger partial charge >= 0.3 is 11.9 Å². The zero-order valence-corrected chi connectivity index (χ0v) is 38.1. The molecule has 0 heterocycles. The molecule has 2 aromatic rings. The minimum absolute atomic E-state index is 0.0298. The molecule has 0 saturated heterocycles. The van der Waals surface area contributed by atoms with Crippen LogP contribution in [0.1, 0.15) is 166 Å². The van der Waals surface area contributed by atoms with Crippen LogP contribution in [-0.2, 0) is 52.2 Å². The van der Waals surface area contributed by atoms with Gasteiger partial charge in [0.1, 0.15) is 25.4 Å². The number of benzene rings is 2. The summed E-state index contributed by atoms with van der Waals surface area (Å²) in [7, 11) is 0. The van der Waals surface area contributed by atoms with Crippen LogP contribution in [0.15, 0.2) is 36.4 Å². The van der Waals surface area contributed by atoms with Crippen molar-refractivity contribution in [3.63, 3.8) is 0 Å². The van der Waals surface area contributed by atoms with Crippen molar-refractivity contribution in [2.45, 2.75) is 168 Å². The summed E-state index contributed by atoms with van der Waals surface area (Å²) in [6.07, 6.45) is 7.58. The van der Waals surface area contributed by atoms with Crippen molar-refractivity contribution < 1.29 is 38.7 Å². The Kier molecular flexibility index (Phi) is 13.9. The number of aliphatic hydroxyl groups is 2. The predicted octanol–water partition coefficient (Wildman–Crippen LogP) is 9.52. The highest BCUT2D eigenvalue weighted by atomic mass is 16.6. The Bertz CT molecular complexity index is 1670. The van der Waals surface area contributed by atoms with Crippen LogP contribution in [0.3, 0.4) is 0 Å². The highest BCUT2D eigenvalue weighted by Gasteiger charge is 2.57. The molecular weight excluding hydrogens is 741 g/mol. The maximum atomic E-state index is 13.8. The van der Waals surface area contributed by atoms with E-state index < -0.39 is 28.5 Å². The molecule has 8 heteroatoms. The second-order valence-electron chi connectivity index (χ2n) is 21.4. The van der Waals surface area contributed by atoms with Gasteiger partial charge in [-0.05, 0) is 133 Å². The van der Waals surface area contributed by atoms with E-state index in [1.54, 1.807) is 0 Å².